The van der Waals surface area contributed by atoms with E-state index in [0.29, 0.717) is 6.54 Å². The van der Waals surface area contributed by atoms with Crippen LogP contribution in [0.15, 0.2) is 60.0 Å². The third-order valence-electron chi connectivity index (χ3n) is 2.58. The van der Waals surface area contributed by atoms with E-state index in [1.54, 1.807) is 17.0 Å². The summed E-state index contributed by atoms with van der Waals surface area (Å²) < 4.78 is 0. The lowest BCUT2D eigenvalue weighted by molar-refractivity contribution is -0.132. The van der Waals surface area contributed by atoms with Crippen LogP contribution in [0.5, 0.6) is 0 Å². The van der Waals surface area contributed by atoms with Crippen LogP contribution in [0.25, 0.3) is 0 Å². The number of carboxylic acids is 1. The first-order valence-corrected chi connectivity index (χ1v) is 5.39. The Bertz CT molecular complexity index is 566. The summed E-state index contributed by atoms with van der Waals surface area (Å²) in [5.41, 5.74) is 1.33. The standard InChI is InChI=1S/C14H11NO3/c16-10-13-8-12(14(17)18)6-7-15(13)9-11-4-2-1-3-5-11/h1-8H,9H2,(H,17,18). The number of carboxylic acid groups (broad SMARTS) is 1. The molecule has 1 aliphatic rings. The number of hydrogen-bond acceptors (Lipinski definition) is 3. The van der Waals surface area contributed by atoms with Gasteiger partial charge in [0.15, 0.2) is 5.94 Å². The zero-order valence-electron chi connectivity index (χ0n) is 9.54. The van der Waals surface area contributed by atoms with Crippen LogP contribution in [0.2, 0.25) is 0 Å². The van der Waals surface area contributed by atoms with Crippen molar-refractivity contribution < 1.29 is 14.7 Å². The molecule has 0 atom stereocenters. The number of rotatable bonds is 3. The van der Waals surface area contributed by atoms with Gasteiger partial charge in [-0.1, -0.05) is 30.3 Å². The first-order chi connectivity index (χ1) is 8.70. The second-order valence-corrected chi connectivity index (χ2v) is 3.82. The van der Waals surface area contributed by atoms with Gasteiger partial charge in [-0.25, -0.2) is 9.59 Å². The molecule has 0 saturated carbocycles. The van der Waals surface area contributed by atoms with Gasteiger partial charge >= 0.3 is 5.97 Å². The second kappa shape index (κ2) is 5.17. The van der Waals surface area contributed by atoms with Crippen molar-refractivity contribution in [2.75, 3.05) is 0 Å². The molecule has 0 aromatic heterocycles. The summed E-state index contributed by atoms with van der Waals surface area (Å²) in [5.74, 6) is 0.704. The van der Waals surface area contributed by atoms with E-state index in [1.807, 2.05) is 30.3 Å². The Morgan fingerprint density at radius 2 is 2.00 bits per heavy atom. The first-order valence-electron chi connectivity index (χ1n) is 5.39. The number of allylic oxidation sites excluding steroid dienone is 1. The molecule has 1 N–H and O–H groups in total. The minimum atomic E-state index is -1.06. The molecule has 0 spiro atoms. The lowest BCUT2D eigenvalue weighted by Crippen LogP contribution is -2.19. The maximum absolute atomic E-state index is 10.9. The van der Waals surface area contributed by atoms with Gasteiger partial charge in [-0.05, 0) is 17.7 Å². The van der Waals surface area contributed by atoms with E-state index in [2.05, 4.69) is 0 Å². The molecule has 4 nitrogen and oxygen atoms in total. The van der Waals surface area contributed by atoms with Crippen molar-refractivity contribution in [1.82, 2.24) is 4.90 Å². The van der Waals surface area contributed by atoms with Gasteiger partial charge in [-0.3, -0.25) is 0 Å². The molecule has 0 aliphatic carbocycles. The Morgan fingerprint density at radius 1 is 1.28 bits per heavy atom. The number of carbonyl (C=O) groups is 1. The summed E-state index contributed by atoms with van der Waals surface area (Å²) in [6.45, 7) is 0.505. The molecule has 0 unspecified atom stereocenters. The molecule has 1 aromatic rings. The van der Waals surface area contributed by atoms with Crippen LogP contribution in [-0.4, -0.2) is 21.9 Å². The predicted octanol–water partition coefficient (Wildman–Crippen LogP) is 1.74. The van der Waals surface area contributed by atoms with E-state index in [9.17, 15) is 9.59 Å². The molecule has 0 bridgehead atoms. The fraction of sp³-hybridized carbons (Fsp3) is 0.0714. The quantitative estimate of drug-likeness (QED) is 0.819. The molecule has 90 valence electrons. The van der Waals surface area contributed by atoms with E-state index in [1.165, 1.54) is 12.2 Å². The molecule has 0 radical (unpaired) electrons. The Balaban J connectivity index is 2.20. The maximum Gasteiger partial charge on any atom is 0.335 e. The van der Waals surface area contributed by atoms with Gasteiger partial charge in [-0.15, -0.1) is 0 Å². The van der Waals surface area contributed by atoms with Crippen LogP contribution in [-0.2, 0) is 16.1 Å². The van der Waals surface area contributed by atoms with E-state index in [4.69, 9.17) is 5.11 Å². The average molecular weight is 241 g/mol. The molecule has 0 amide bonds. The van der Waals surface area contributed by atoms with Gasteiger partial charge in [0.25, 0.3) is 0 Å². The zero-order valence-corrected chi connectivity index (χ0v) is 9.54. The smallest absolute Gasteiger partial charge is 0.335 e. The van der Waals surface area contributed by atoms with Gasteiger partial charge in [0.1, 0.15) is 5.70 Å². The third-order valence-corrected chi connectivity index (χ3v) is 2.58. The van der Waals surface area contributed by atoms with Gasteiger partial charge in [0, 0.05) is 12.7 Å². The molecule has 0 fully saturated rings. The SMILES string of the molecule is O=C=C1C=C(C(=O)O)C=CN1Cc1ccccc1. The van der Waals surface area contributed by atoms with E-state index >= 15 is 0 Å². The van der Waals surface area contributed by atoms with Crippen LogP contribution in [0, 0.1) is 0 Å². The number of carbonyl (C=O) groups excluding carboxylic acids is 1. The third kappa shape index (κ3) is 2.56. The zero-order chi connectivity index (χ0) is 13.0. The maximum atomic E-state index is 10.9. The Labute approximate surface area is 104 Å². The molecule has 18 heavy (non-hydrogen) atoms. The van der Waals surface area contributed by atoms with Crippen LogP contribution < -0.4 is 0 Å². The number of benzene rings is 1. The van der Waals surface area contributed by atoms with Crippen LogP contribution in [0.4, 0.5) is 0 Å². The van der Waals surface area contributed by atoms with E-state index in [0.717, 1.165) is 5.56 Å². The Kier molecular flexibility index (Phi) is 3.41. The van der Waals surface area contributed by atoms with Crippen LogP contribution in [0.3, 0.4) is 0 Å². The minimum absolute atomic E-state index is 0.0812. The fourth-order valence-electron chi connectivity index (χ4n) is 1.67. The van der Waals surface area contributed by atoms with Crippen molar-refractivity contribution in [3.05, 3.63) is 65.5 Å². The Hall–Kier alpha value is -2.58. The van der Waals surface area contributed by atoms with E-state index in [-0.39, 0.29) is 11.3 Å². The van der Waals surface area contributed by atoms with Gasteiger partial charge in [0.05, 0.1) is 5.57 Å². The minimum Gasteiger partial charge on any atom is -0.478 e. The average Bonchev–Trinajstić information content (AvgIpc) is 2.40. The Morgan fingerprint density at radius 3 is 2.61 bits per heavy atom. The topological polar surface area (TPSA) is 57.6 Å². The number of aliphatic carboxylic acids is 1. The summed E-state index contributed by atoms with van der Waals surface area (Å²) in [7, 11) is 0. The van der Waals surface area contributed by atoms with Gasteiger partial charge in [0.2, 0.25) is 0 Å². The van der Waals surface area contributed by atoms with E-state index < -0.39 is 5.97 Å². The normalized spacial score (nSPS) is 14.1. The highest BCUT2D eigenvalue weighted by molar-refractivity contribution is 5.91. The predicted molar refractivity (Wildman–Crippen MR) is 66.1 cm³/mol. The monoisotopic (exact) mass is 241 g/mol. The summed E-state index contributed by atoms with van der Waals surface area (Å²) in [6, 6.07) is 9.60. The van der Waals surface area contributed by atoms with Crippen molar-refractivity contribution >= 4 is 11.9 Å². The summed E-state index contributed by atoms with van der Waals surface area (Å²) in [5, 5.41) is 8.85. The highest BCUT2D eigenvalue weighted by Crippen LogP contribution is 2.18. The molecule has 4 heteroatoms. The molecule has 1 aromatic carbocycles. The van der Waals surface area contributed by atoms with Crippen LogP contribution in [0.1, 0.15) is 5.56 Å². The first kappa shape index (κ1) is 11.9. The fourth-order valence-corrected chi connectivity index (χ4v) is 1.67. The van der Waals surface area contributed by atoms with Crippen molar-refractivity contribution in [1.29, 1.82) is 0 Å². The molecule has 1 aliphatic heterocycles. The number of nitrogens with zero attached hydrogens (tertiary/aromatic N) is 1. The summed E-state index contributed by atoms with van der Waals surface area (Å²) >= 11 is 0. The molecule has 0 saturated heterocycles. The van der Waals surface area contributed by atoms with Crippen LogP contribution >= 0.6 is 0 Å². The van der Waals surface area contributed by atoms with Crippen molar-refractivity contribution in [3.63, 3.8) is 0 Å². The molecule has 2 rings (SSSR count). The summed E-state index contributed by atoms with van der Waals surface area (Å²) in [4.78, 5) is 23.3. The lowest BCUT2D eigenvalue weighted by Gasteiger charge is -2.22. The van der Waals surface area contributed by atoms with Crippen molar-refractivity contribution in [3.8, 4) is 0 Å². The molecular formula is C14H11NO3. The highest BCUT2D eigenvalue weighted by atomic mass is 16.4. The summed E-state index contributed by atoms with van der Waals surface area (Å²) in [6.07, 6.45) is 4.36. The van der Waals surface area contributed by atoms with Crippen molar-refractivity contribution in [2.45, 2.75) is 6.54 Å². The number of hydrogen-bond donors (Lipinski definition) is 1. The largest absolute Gasteiger partial charge is 0.478 e. The molecule has 1 heterocycles. The van der Waals surface area contributed by atoms with Gasteiger partial charge in [-0.2, -0.15) is 0 Å². The highest BCUT2D eigenvalue weighted by Gasteiger charge is 2.15. The lowest BCUT2D eigenvalue weighted by atomic mass is 10.1. The van der Waals surface area contributed by atoms with Gasteiger partial charge < -0.3 is 10.0 Å². The second-order valence-electron chi connectivity index (χ2n) is 3.82. The molecular weight excluding hydrogens is 230 g/mol. The van der Waals surface area contributed by atoms with Crippen molar-refractivity contribution in [2.24, 2.45) is 0 Å².